The SMILES string of the molecule is Cc1ccc2c(c1)C1(C)CCN(C)C(C2)C1=O. The number of benzene rings is 1. The lowest BCUT2D eigenvalue weighted by Crippen LogP contribution is -2.58. The number of rotatable bonds is 0. The van der Waals surface area contributed by atoms with Crippen molar-refractivity contribution in [2.75, 3.05) is 13.6 Å². The average Bonchev–Trinajstić information content (AvgIpc) is 2.30. The summed E-state index contributed by atoms with van der Waals surface area (Å²) in [6, 6.07) is 6.69. The van der Waals surface area contributed by atoms with Crippen LogP contribution in [0.5, 0.6) is 0 Å². The summed E-state index contributed by atoms with van der Waals surface area (Å²) in [7, 11) is 2.07. The second-order valence-corrected chi connectivity index (χ2v) is 5.81. The van der Waals surface area contributed by atoms with Crippen LogP contribution in [0.1, 0.15) is 30.0 Å². The van der Waals surface area contributed by atoms with Crippen molar-refractivity contribution in [3.63, 3.8) is 0 Å². The Morgan fingerprint density at radius 2 is 2.18 bits per heavy atom. The molecule has 1 aliphatic heterocycles. The third-order valence-corrected chi connectivity index (χ3v) is 4.62. The molecule has 1 aliphatic carbocycles. The molecular formula is C15H19NO. The maximum absolute atomic E-state index is 12.6. The fourth-order valence-corrected chi connectivity index (χ4v) is 3.35. The van der Waals surface area contributed by atoms with Crippen molar-refractivity contribution in [1.29, 1.82) is 0 Å². The number of carbonyl (C=O) groups excluding carboxylic acids is 1. The molecule has 3 rings (SSSR count). The normalized spacial score (nSPS) is 32.4. The molecule has 0 amide bonds. The van der Waals surface area contributed by atoms with Gasteiger partial charge in [-0.2, -0.15) is 0 Å². The van der Waals surface area contributed by atoms with Gasteiger partial charge in [0.15, 0.2) is 5.78 Å². The van der Waals surface area contributed by atoms with Crippen molar-refractivity contribution < 1.29 is 4.79 Å². The summed E-state index contributed by atoms with van der Waals surface area (Å²) in [5.41, 5.74) is 3.67. The fourth-order valence-electron chi connectivity index (χ4n) is 3.35. The topological polar surface area (TPSA) is 20.3 Å². The zero-order chi connectivity index (χ0) is 12.2. The van der Waals surface area contributed by atoms with Gasteiger partial charge in [-0.1, -0.05) is 23.8 Å². The molecule has 1 aromatic rings. The number of carbonyl (C=O) groups is 1. The van der Waals surface area contributed by atoms with Gasteiger partial charge in [0.1, 0.15) is 0 Å². The molecule has 17 heavy (non-hydrogen) atoms. The lowest BCUT2D eigenvalue weighted by atomic mass is 9.64. The highest BCUT2D eigenvalue weighted by molar-refractivity contribution is 5.97. The van der Waals surface area contributed by atoms with E-state index in [1.165, 1.54) is 16.7 Å². The van der Waals surface area contributed by atoms with Gasteiger partial charge in [-0.3, -0.25) is 9.69 Å². The summed E-state index contributed by atoms with van der Waals surface area (Å²) in [6.45, 7) is 5.27. The molecule has 2 unspecified atom stereocenters. The van der Waals surface area contributed by atoms with Crippen LogP contribution in [0.15, 0.2) is 18.2 Å². The highest BCUT2D eigenvalue weighted by Gasteiger charge is 2.48. The predicted octanol–water partition coefficient (Wildman–Crippen LogP) is 2.08. The molecule has 0 radical (unpaired) electrons. The molecule has 0 N–H and O–H groups in total. The van der Waals surface area contributed by atoms with E-state index in [2.05, 4.69) is 44.0 Å². The van der Waals surface area contributed by atoms with Crippen molar-refractivity contribution >= 4 is 5.78 Å². The molecular weight excluding hydrogens is 210 g/mol. The van der Waals surface area contributed by atoms with Gasteiger partial charge in [0, 0.05) is 0 Å². The monoisotopic (exact) mass is 229 g/mol. The minimum absolute atomic E-state index is 0.101. The third-order valence-electron chi connectivity index (χ3n) is 4.62. The number of likely N-dealkylation sites (tertiary alicyclic amines) is 1. The van der Waals surface area contributed by atoms with E-state index in [4.69, 9.17) is 0 Å². The minimum atomic E-state index is -0.239. The summed E-state index contributed by atoms with van der Waals surface area (Å²) < 4.78 is 0. The van der Waals surface area contributed by atoms with Crippen molar-refractivity contribution in [2.45, 2.75) is 38.1 Å². The lowest BCUT2D eigenvalue weighted by molar-refractivity contribution is -0.133. The van der Waals surface area contributed by atoms with E-state index < -0.39 is 0 Å². The summed E-state index contributed by atoms with van der Waals surface area (Å²) >= 11 is 0. The molecule has 2 atom stereocenters. The van der Waals surface area contributed by atoms with E-state index >= 15 is 0 Å². The van der Waals surface area contributed by atoms with E-state index in [1.54, 1.807) is 0 Å². The zero-order valence-electron chi connectivity index (χ0n) is 10.8. The summed E-state index contributed by atoms with van der Waals surface area (Å²) in [4.78, 5) is 14.8. The van der Waals surface area contributed by atoms with Crippen LogP contribution >= 0.6 is 0 Å². The van der Waals surface area contributed by atoms with Gasteiger partial charge < -0.3 is 0 Å². The Balaban J connectivity index is 2.20. The molecule has 1 fully saturated rings. The standard InChI is InChI=1S/C15H19NO/c1-10-4-5-11-9-13-14(17)15(2,12(11)8-10)6-7-16(13)3/h4-5,8,13H,6-7,9H2,1-3H3. The predicted molar refractivity (Wildman–Crippen MR) is 68.3 cm³/mol. The van der Waals surface area contributed by atoms with Crippen LogP contribution in [0.3, 0.4) is 0 Å². The maximum atomic E-state index is 12.6. The molecule has 2 bridgehead atoms. The third kappa shape index (κ3) is 1.40. The van der Waals surface area contributed by atoms with Crippen molar-refractivity contribution in [3.05, 3.63) is 34.9 Å². The Hall–Kier alpha value is -1.15. The highest BCUT2D eigenvalue weighted by Crippen LogP contribution is 2.42. The largest absolute Gasteiger partial charge is 0.297 e. The molecule has 2 aliphatic rings. The number of ketones is 1. The number of aryl methyl sites for hydroxylation is 1. The van der Waals surface area contributed by atoms with Crippen LogP contribution in [-0.2, 0) is 16.6 Å². The fraction of sp³-hybridized carbons (Fsp3) is 0.533. The number of nitrogens with zero attached hydrogens (tertiary/aromatic N) is 1. The van der Waals surface area contributed by atoms with Crippen molar-refractivity contribution in [1.82, 2.24) is 4.90 Å². The van der Waals surface area contributed by atoms with Crippen LogP contribution in [-0.4, -0.2) is 30.3 Å². The molecule has 1 saturated heterocycles. The summed E-state index contributed by atoms with van der Waals surface area (Å²) in [6.07, 6.45) is 1.84. The van der Waals surface area contributed by atoms with Gasteiger partial charge in [-0.25, -0.2) is 0 Å². The van der Waals surface area contributed by atoms with Gasteiger partial charge in [-0.05, 0) is 51.4 Å². The lowest BCUT2D eigenvalue weighted by Gasteiger charge is -2.47. The first-order chi connectivity index (χ1) is 8.02. The Morgan fingerprint density at radius 1 is 1.41 bits per heavy atom. The van der Waals surface area contributed by atoms with E-state index in [-0.39, 0.29) is 11.5 Å². The number of fused-ring (bicyclic) bond motifs is 4. The molecule has 1 heterocycles. The number of Topliss-reactive ketones (excluding diaryl/α,β-unsaturated/α-hetero) is 1. The van der Waals surface area contributed by atoms with Gasteiger partial charge >= 0.3 is 0 Å². The Bertz CT molecular complexity index is 494. The number of piperidine rings is 1. The van der Waals surface area contributed by atoms with Gasteiger partial charge in [-0.15, -0.1) is 0 Å². The molecule has 2 nitrogen and oxygen atoms in total. The molecule has 90 valence electrons. The van der Waals surface area contributed by atoms with Crippen LogP contribution in [0.2, 0.25) is 0 Å². The molecule has 2 heteroatoms. The average molecular weight is 229 g/mol. The quantitative estimate of drug-likeness (QED) is 0.679. The van der Waals surface area contributed by atoms with Crippen LogP contribution < -0.4 is 0 Å². The Labute approximate surface area is 103 Å². The van der Waals surface area contributed by atoms with Gasteiger partial charge in [0.25, 0.3) is 0 Å². The summed E-state index contributed by atoms with van der Waals surface area (Å²) in [5, 5.41) is 0. The molecule has 0 saturated carbocycles. The maximum Gasteiger partial charge on any atom is 0.160 e. The van der Waals surface area contributed by atoms with E-state index in [0.29, 0.717) is 5.78 Å². The van der Waals surface area contributed by atoms with Crippen molar-refractivity contribution in [2.24, 2.45) is 0 Å². The van der Waals surface area contributed by atoms with Crippen LogP contribution in [0.4, 0.5) is 0 Å². The van der Waals surface area contributed by atoms with Gasteiger partial charge in [0.05, 0.1) is 11.5 Å². The number of hydrogen-bond acceptors (Lipinski definition) is 2. The first-order valence-corrected chi connectivity index (χ1v) is 6.37. The number of hydrogen-bond donors (Lipinski definition) is 0. The molecule has 1 aromatic carbocycles. The highest BCUT2D eigenvalue weighted by atomic mass is 16.1. The number of likely N-dealkylation sites (N-methyl/N-ethyl adjacent to an activating group) is 1. The van der Waals surface area contributed by atoms with E-state index in [9.17, 15) is 4.79 Å². The van der Waals surface area contributed by atoms with Crippen molar-refractivity contribution in [3.8, 4) is 0 Å². The molecule has 0 spiro atoms. The minimum Gasteiger partial charge on any atom is -0.297 e. The first-order valence-electron chi connectivity index (χ1n) is 6.37. The smallest absolute Gasteiger partial charge is 0.160 e. The van der Waals surface area contributed by atoms with Gasteiger partial charge in [0.2, 0.25) is 0 Å². The Kier molecular flexibility index (Phi) is 2.21. The second kappa shape index (κ2) is 3.42. The Morgan fingerprint density at radius 3 is 2.94 bits per heavy atom. The summed E-state index contributed by atoms with van der Waals surface area (Å²) in [5.74, 6) is 0.421. The van der Waals surface area contributed by atoms with E-state index in [0.717, 1.165) is 19.4 Å². The first kappa shape index (κ1) is 11.0. The second-order valence-electron chi connectivity index (χ2n) is 5.81. The zero-order valence-corrected chi connectivity index (χ0v) is 10.8. The van der Waals surface area contributed by atoms with E-state index in [1.807, 2.05) is 0 Å². The van der Waals surface area contributed by atoms with Crippen LogP contribution in [0, 0.1) is 6.92 Å². The van der Waals surface area contributed by atoms with Crippen LogP contribution in [0.25, 0.3) is 0 Å². The molecule has 0 aromatic heterocycles.